The van der Waals surface area contributed by atoms with Gasteiger partial charge in [0.2, 0.25) is 0 Å². The van der Waals surface area contributed by atoms with E-state index in [0.717, 1.165) is 25.7 Å². The van der Waals surface area contributed by atoms with Crippen LogP contribution < -0.4 is 0 Å². The molecule has 0 aliphatic heterocycles. The van der Waals surface area contributed by atoms with Gasteiger partial charge in [0.15, 0.2) is 0 Å². The summed E-state index contributed by atoms with van der Waals surface area (Å²) >= 11 is 0. The van der Waals surface area contributed by atoms with Crippen molar-refractivity contribution >= 4 is 5.97 Å². The molecule has 3 heteroatoms. The second-order valence-corrected chi connectivity index (χ2v) is 3.26. The molecule has 0 saturated carbocycles. The van der Waals surface area contributed by atoms with Crippen LogP contribution >= 0.6 is 0 Å². The number of ether oxygens (including phenoxy) is 1. The van der Waals surface area contributed by atoms with Gasteiger partial charge in [0, 0.05) is 6.42 Å². The van der Waals surface area contributed by atoms with Crippen molar-refractivity contribution in [1.29, 1.82) is 0 Å². The Morgan fingerprint density at radius 1 is 1.38 bits per heavy atom. The lowest BCUT2D eigenvalue weighted by Gasteiger charge is -2.08. The maximum Gasteiger partial charge on any atom is 0.305 e. The minimum Gasteiger partial charge on any atom is -0.469 e. The van der Waals surface area contributed by atoms with Crippen molar-refractivity contribution in [3.05, 3.63) is 0 Å². The molecular formula is C10H20O3. The Hall–Kier alpha value is -0.570. The summed E-state index contributed by atoms with van der Waals surface area (Å²) in [6.07, 6.45) is 4.60. The zero-order chi connectivity index (χ0) is 10.1. The first-order valence-electron chi connectivity index (χ1n) is 4.95. The smallest absolute Gasteiger partial charge is 0.305 e. The van der Waals surface area contributed by atoms with Gasteiger partial charge < -0.3 is 9.84 Å². The van der Waals surface area contributed by atoms with E-state index in [1.165, 1.54) is 7.11 Å². The molecule has 0 aromatic carbocycles. The van der Waals surface area contributed by atoms with Gasteiger partial charge in [-0.3, -0.25) is 4.79 Å². The second-order valence-electron chi connectivity index (χ2n) is 3.26. The van der Waals surface area contributed by atoms with Gasteiger partial charge in [-0.1, -0.05) is 19.8 Å². The van der Waals surface area contributed by atoms with Crippen LogP contribution in [-0.2, 0) is 9.53 Å². The van der Waals surface area contributed by atoms with Crippen LogP contribution in [-0.4, -0.2) is 24.3 Å². The lowest BCUT2D eigenvalue weighted by atomic mass is 10.1. The summed E-state index contributed by atoms with van der Waals surface area (Å²) in [5, 5.41) is 9.41. The van der Waals surface area contributed by atoms with E-state index in [9.17, 15) is 9.90 Å². The Morgan fingerprint density at radius 3 is 2.54 bits per heavy atom. The molecule has 0 radical (unpaired) electrons. The number of aliphatic hydroxyl groups is 1. The molecule has 0 rings (SSSR count). The van der Waals surface area contributed by atoms with Gasteiger partial charge in [-0.2, -0.15) is 0 Å². The summed E-state index contributed by atoms with van der Waals surface area (Å²) in [5.41, 5.74) is 0. The lowest BCUT2D eigenvalue weighted by Crippen LogP contribution is -2.08. The standard InChI is InChI=1S/C10H20O3/c1-3-4-6-9(11)7-5-8-10(12)13-2/h9,11H,3-8H2,1-2H3/t9-/m0/s1. The van der Waals surface area contributed by atoms with Crippen LogP contribution in [0.2, 0.25) is 0 Å². The predicted octanol–water partition coefficient (Wildman–Crippen LogP) is 1.88. The van der Waals surface area contributed by atoms with E-state index in [-0.39, 0.29) is 12.1 Å². The van der Waals surface area contributed by atoms with Gasteiger partial charge in [0.05, 0.1) is 13.2 Å². The van der Waals surface area contributed by atoms with Crippen molar-refractivity contribution in [3.8, 4) is 0 Å². The molecule has 0 spiro atoms. The van der Waals surface area contributed by atoms with Gasteiger partial charge in [0.1, 0.15) is 0 Å². The quantitative estimate of drug-likeness (QED) is 0.620. The summed E-state index contributed by atoms with van der Waals surface area (Å²) in [7, 11) is 1.38. The van der Waals surface area contributed by atoms with E-state index in [0.29, 0.717) is 12.8 Å². The molecule has 1 atom stereocenters. The number of esters is 1. The van der Waals surface area contributed by atoms with Crippen LogP contribution in [0.4, 0.5) is 0 Å². The van der Waals surface area contributed by atoms with E-state index < -0.39 is 0 Å². The molecule has 13 heavy (non-hydrogen) atoms. The van der Waals surface area contributed by atoms with Crippen molar-refractivity contribution in [3.63, 3.8) is 0 Å². The van der Waals surface area contributed by atoms with Crippen LogP contribution in [0, 0.1) is 0 Å². The van der Waals surface area contributed by atoms with Crippen molar-refractivity contribution < 1.29 is 14.6 Å². The average Bonchev–Trinajstić information content (AvgIpc) is 2.14. The van der Waals surface area contributed by atoms with Crippen LogP contribution in [0.25, 0.3) is 0 Å². The number of methoxy groups -OCH3 is 1. The largest absolute Gasteiger partial charge is 0.469 e. The Bertz CT molecular complexity index is 134. The van der Waals surface area contributed by atoms with Gasteiger partial charge >= 0.3 is 5.97 Å². The second kappa shape index (κ2) is 8.05. The van der Waals surface area contributed by atoms with Crippen LogP contribution in [0.5, 0.6) is 0 Å². The molecule has 1 N–H and O–H groups in total. The fraction of sp³-hybridized carbons (Fsp3) is 0.900. The Balaban J connectivity index is 3.26. The zero-order valence-corrected chi connectivity index (χ0v) is 8.58. The molecule has 0 saturated heterocycles. The molecule has 78 valence electrons. The summed E-state index contributed by atoms with van der Waals surface area (Å²) in [5.74, 6) is -0.192. The van der Waals surface area contributed by atoms with E-state index in [2.05, 4.69) is 11.7 Å². The highest BCUT2D eigenvalue weighted by atomic mass is 16.5. The molecule has 3 nitrogen and oxygen atoms in total. The van der Waals surface area contributed by atoms with Gasteiger partial charge in [-0.25, -0.2) is 0 Å². The third-order valence-corrected chi connectivity index (χ3v) is 2.04. The fourth-order valence-electron chi connectivity index (χ4n) is 1.17. The number of carbonyl (C=O) groups excluding carboxylic acids is 1. The lowest BCUT2D eigenvalue weighted by molar-refractivity contribution is -0.140. The third-order valence-electron chi connectivity index (χ3n) is 2.04. The van der Waals surface area contributed by atoms with E-state index in [1.807, 2.05) is 0 Å². The molecule has 0 aromatic rings. The molecule has 0 aliphatic carbocycles. The van der Waals surface area contributed by atoms with Crippen LogP contribution in [0.15, 0.2) is 0 Å². The van der Waals surface area contributed by atoms with Crippen molar-refractivity contribution in [2.45, 2.75) is 51.6 Å². The molecule has 0 fully saturated rings. The number of hydrogen-bond donors (Lipinski definition) is 1. The maximum atomic E-state index is 10.7. The molecule has 0 heterocycles. The fourth-order valence-corrected chi connectivity index (χ4v) is 1.17. The minimum atomic E-state index is -0.246. The Labute approximate surface area is 80.1 Å². The number of rotatable bonds is 7. The predicted molar refractivity (Wildman–Crippen MR) is 51.4 cm³/mol. The van der Waals surface area contributed by atoms with E-state index in [1.54, 1.807) is 0 Å². The first-order valence-corrected chi connectivity index (χ1v) is 4.95. The molecule has 0 unspecified atom stereocenters. The molecular weight excluding hydrogens is 168 g/mol. The highest BCUT2D eigenvalue weighted by molar-refractivity contribution is 5.68. The first-order chi connectivity index (χ1) is 6.20. The summed E-state index contributed by atoms with van der Waals surface area (Å²) in [6, 6.07) is 0. The first kappa shape index (κ1) is 12.4. The molecule has 0 bridgehead atoms. The summed E-state index contributed by atoms with van der Waals surface area (Å²) in [6.45, 7) is 2.10. The normalized spacial score (nSPS) is 12.5. The number of hydrogen-bond acceptors (Lipinski definition) is 3. The monoisotopic (exact) mass is 188 g/mol. The number of aliphatic hydroxyl groups excluding tert-OH is 1. The Morgan fingerprint density at radius 2 is 2.00 bits per heavy atom. The topological polar surface area (TPSA) is 46.5 Å². The third kappa shape index (κ3) is 7.78. The summed E-state index contributed by atoms with van der Waals surface area (Å²) < 4.78 is 4.49. The minimum absolute atomic E-state index is 0.192. The van der Waals surface area contributed by atoms with Gasteiger partial charge in [-0.05, 0) is 19.3 Å². The summed E-state index contributed by atoms with van der Waals surface area (Å²) in [4.78, 5) is 10.7. The SMILES string of the molecule is CCCC[C@H](O)CCCC(=O)OC. The highest BCUT2D eigenvalue weighted by Crippen LogP contribution is 2.08. The van der Waals surface area contributed by atoms with Crippen molar-refractivity contribution in [1.82, 2.24) is 0 Å². The maximum absolute atomic E-state index is 10.7. The highest BCUT2D eigenvalue weighted by Gasteiger charge is 2.05. The average molecular weight is 188 g/mol. The Kier molecular flexibility index (Phi) is 7.69. The van der Waals surface area contributed by atoms with Crippen molar-refractivity contribution in [2.75, 3.05) is 7.11 Å². The zero-order valence-electron chi connectivity index (χ0n) is 8.58. The molecule has 0 aromatic heterocycles. The number of unbranched alkanes of at least 4 members (excludes halogenated alkanes) is 1. The van der Waals surface area contributed by atoms with E-state index in [4.69, 9.17) is 0 Å². The van der Waals surface area contributed by atoms with Gasteiger partial charge in [-0.15, -0.1) is 0 Å². The molecule has 0 aliphatic rings. The van der Waals surface area contributed by atoms with Gasteiger partial charge in [0.25, 0.3) is 0 Å². The molecule has 0 amide bonds. The van der Waals surface area contributed by atoms with E-state index >= 15 is 0 Å². The van der Waals surface area contributed by atoms with Crippen molar-refractivity contribution in [2.24, 2.45) is 0 Å². The van der Waals surface area contributed by atoms with Crippen LogP contribution in [0.1, 0.15) is 45.4 Å². The van der Waals surface area contributed by atoms with Crippen LogP contribution in [0.3, 0.4) is 0 Å². The number of carbonyl (C=O) groups is 1.